The van der Waals surface area contributed by atoms with Crippen molar-refractivity contribution in [2.75, 3.05) is 44.3 Å². The Kier molecular flexibility index (Phi) is 6.93. The number of benzene rings is 2. The maximum atomic E-state index is 5.55. The predicted octanol–water partition coefficient (Wildman–Crippen LogP) is 6.10. The van der Waals surface area contributed by atoms with Gasteiger partial charge in [0.05, 0.1) is 23.9 Å². The molecular weight excluding hydrogens is 482 g/mol. The molecule has 2 fully saturated rings. The van der Waals surface area contributed by atoms with Crippen molar-refractivity contribution < 1.29 is 4.74 Å². The number of para-hydroxylation sites is 1. The molecule has 0 unspecified atom stereocenters. The number of thiazole rings is 1. The Balaban J connectivity index is 1.23. The van der Waals surface area contributed by atoms with E-state index in [2.05, 4.69) is 81.2 Å². The molecule has 168 valence electrons. The molecule has 0 saturated carbocycles. The van der Waals surface area contributed by atoms with Crippen molar-refractivity contribution >= 4 is 33.0 Å². The quantitative estimate of drug-likeness (QED) is 0.413. The van der Waals surface area contributed by atoms with Gasteiger partial charge < -0.3 is 9.64 Å². The Bertz CT molecular complexity index is 1040. The van der Waals surface area contributed by atoms with E-state index in [1.807, 2.05) is 11.3 Å². The molecule has 2 aromatic carbocycles. The fourth-order valence-electron chi connectivity index (χ4n) is 4.80. The highest BCUT2D eigenvalue weighted by atomic mass is 79.9. The molecule has 3 heterocycles. The zero-order valence-corrected chi connectivity index (χ0v) is 21.0. The molecule has 0 N–H and O–H groups in total. The summed E-state index contributed by atoms with van der Waals surface area (Å²) < 4.78 is 6.66. The number of hydrogen-bond donors (Lipinski definition) is 0. The number of anilines is 1. The SMILES string of the molecule is Cc1sc(C2CCN(Cc3ccccc3N3CCOCC3)CC2)nc1-c1ccc(Br)cc1. The van der Waals surface area contributed by atoms with E-state index < -0.39 is 0 Å². The molecule has 0 amide bonds. The Morgan fingerprint density at radius 1 is 1.00 bits per heavy atom. The molecule has 0 atom stereocenters. The van der Waals surface area contributed by atoms with Gasteiger partial charge in [-0.05, 0) is 56.6 Å². The molecule has 0 radical (unpaired) electrons. The number of nitrogens with zero attached hydrogens (tertiary/aromatic N) is 3. The van der Waals surface area contributed by atoms with E-state index in [0.29, 0.717) is 5.92 Å². The summed E-state index contributed by atoms with van der Waals surface area (Å²) in [7, 11) is 0. The van der Waals surface area contributed by atoms with Crippen LogP contribution >= 0.6 is 27.3 Å². The van der Waals surface area contributed by atoms with Crippen LogP contribution in [0.3, 0.4) is 0 Å². The molecule has 2 aliphatic heterocycles. The average Bonchev–Trinajstić information content (AvgIpc) is 3.22. The largest absolute Gasteiger partial charge is 0.378 e. The van der Waals surface area contributed by atoms with Crippen molar-refractivity contribution in [2.24, 2.45) is 0 Å². The normalized spacial score (nSPS) is 18.2. The molecule has 0 bridgehead atoms. The number of piperidine rings is 1. The first kappa shape index (κ1) is 22.1. The number of aromatic nitrogens is 1. The molecular formula is C26H30BrN3OS. The van der Waals surface area contributed by atoms with E-state index in [-0.39, 0.29) is 0 Å². The van der Waals surface area contributed by atoms with Gasteiger partial charge in [-0.1, -0.05) is 46.3 Å². The standard InChI is InChI=1S/C26H30BrN3OS/c1-19-25(20-6-8-23(27)9-7-20)28-26(32-19)21-10-12-29(13-11-21)18-22-4-2-3-5-24(22)30-14-16-31-17-15-30/h2-9,21H,10-18H2,1H3. The van der Waals surface area contributed by atoms with Gasteiger partial charge in [0.25, 0.3) is 0 Å². The minimum absolute atomic E-state index is 0.577. The van der Waals surface area contributed by atoms with Gasteiger partial charge in [-0.3, -0.25) is 4.90 Å². The first-order valence-electron chi connectivity index (χ1n) is 11.5. The van der Waals surface area contributed by atoms with Crippen LogP contribution in [0.4, 0.5) is 5.69 Å². The zero-order valence-electron chi connectivity index (χ0n) is 18.6. The number of ether oxygens (including phenoxy) is 1. The van der Waals surface area contributed by atoms with Crippen LogP contribution in [0.5, 0.6) is 0 Å². The first-order valence-corrected chi connectivity index (χ1v) is 13.1. The van der Waals surface area contributed by atoms with E-state index in [0.717, 1.165) is 56.1 Å². The van der Waals surface area contributed by atoms with Crippen LogP contribution in [0.2, 0.25) is 0 Å². The molecule has 0 aliphatic carbocycles. The van der Waals surface area contributed by atoms with Crippen LogP contribution in [-0.4, -0.2) is 49.3 Å². The van der Waals surface area contributed by atoms with Gasteiger partial charge in [0.2, 0.25) is 0 Å². The highest BCUT2D eigenvalue weighted by Gasteiger charge is 2.25. The molecule has 2 aliphatic rings. The molecule has 2 saturated heterocycles. The third-order valence-corrected chi connectivity index (χ3v) is 8.27. The van der Waals surface area contributed by atoms with E-state index in [4.69, 9.17) is 9.72 Å². The van der Waals surface area contributed by atoms with Crippen molar-refractivity contribution in [1.29, 1.82) is 0 Å². The lowest BCUT2D eigenvalue weighted by Gasteiger charge is -2.34. The zero-order chi connectivity index (χ0) is 21.9. The maximum absolute atomic E-state index is 5.55. The lowest BCUT2D eigenvalue weighted by molar-refractivity contribution is 0.122. The number of likely N-dealkylation sites (tertiary alicyclic amines) is 1. The second kappa shape index (κ2) is 10.0. The number of aryl methyl sites for hydroxylation is 1. The molecule has 5 rings (SSSR count). The van der Waals surface area contributed by atoms with Crippen molar-refractivity contribution in [1.82, 2.24) is 9.88 Å². The Labute approximate surface area is 203 Å². The van der Waals surface area contributed by atoms with Gasteiger partial charge in [-0.15, -0.1) is 11.3 Å². The van der Waals surface area contributed by atoms with Gasteiger partial charge in [0.1, 0.15) is 0 Å². The summed E-state index contributed by atoms with van der Waals surface area (Å²) in [4.78, 5) is 11.5. The summed E-state index contributed by atoms with van der Waals surface area (Å²) in [6, 6.07) is 17.4. The van der Waals surface area contributed by atoms with Gasteiger partial charge in [0.15, 0.2) is 0 Å². The minimum Gasteiger partial charge on any atom is -0.378 e. The van der Waals surface area contributed by atoms with Gasteiger partial charge in [-0.25, -0.2) is 4.98 Å². The summed E-state index contributed by atoms with van der Waals surface area (Å²) in [5.41, 5.74) is 5.19. The highest BCUT2D eigenvalue weighted by Crippen LogP contribution is 2.36. The minimum atomic E-state index is 0.577. The molecule has 0 spiro atoms. The summed E-state index contributed by atoms with van der Waals surface area (Å²) in [6.45, 7) is 9.14. The number of morpholine rings is 1. The fourth-order valence-corrected chi connectivity index (χ4v) is 6.18. The summed E-state index contributed by atoms with van der Waals surface area (Å²) in [6.07, 6.45) is 2.37. The highest BCUT2D eigenvalue weighted by molar-refractivity contribution is 9.10. The Morgan fingerprint density at radius 2 is 1.72 bits per heavy atom. The fraction of sp³-hybridized carbons (Fsp3) is 0.423. The predicted molar refractivity (Wildman–Crippen MR) is 137 cm³/mol. The van der Waals surface area contributed by atoms with Crippen molar-refractivity contribution in [3.05, 3.63) is 68.5 Å². The smallest absolute Gasteiger partial charge is 0.0967 e. The van der Waals surface area contributed by atoms with Gasteiger partial charge >= 0.3 is 0 Å². The summed E-state index contributed by atoms with van der Waals surface area (Å²) in [5.74, 6) is 0.577. The summed E-state index contributed by atoms with van der Waals surface area (Å²) in [5, 5.41) is 1.31. The second-order valence-corrected chi connectivity index (χ2v) is 10.9. The average molecular weight is 513 g/mol. The molecule has 1 aromatic heterocycles. The lowest BCUT2D eigenvalue weighted by atomic mass is 9.97. The molecule has 4 nitrogen and oxygen atoms in total. The van der Waals surface area contributed by atoms with Gasteiger partial charge in [-0.2, -0.15) is 0 Å². The monoisotopic (exact) mass is 511 g/mol. The van der Waals surface area contributed by atoms with Crippen molar-refractivity contribution in [2.45, 2.75) is 32.2 Å². The lowest BCUT2D eigenvalue weighted by Crippen LogP contribution is -2.38. The van der Waals surface area contributed by atoms with Crippen LogP contribution in [-0.2, 0) is 11.3 Å². The van der Waals surface area contributed by atoms with Crippen LogP contribution in [0.15, 0.2) is 53.0 Å². The van der Waals surface area contributed by atoms with E-state index >= 15 is 0 Å². The number of rotatable bonds is 5. The molecule has 3 aromatic rings. The Morgan fingerprint density at radius 3 is 2.47 bits per heavy atom. The number of halogens is 1. The summed E-state index contributed by atoms with van der Waals surface area (Å²) >= 11 is 5.42. The topological polar surface area (TPSA) is 28.6 Å². The molecule has 6 heteroatoms. The second-order valence-electron chi connectivity index (χ2n) is 8.74. The van der Waals surface area contributed by atoms with Crippen molar-refractivity contribution in [3.63, 3.8) is 0 Å². The van der Waals surface area contributed by atoms with E-state index in [1.165, 1.54) is 39.5 Å². The van der Waals surface area contributed by atoms with Crippen molar-refractivity contribution in [3.8, 4) is 11.3 Å². The molecule has 32 heavy (non-hydrogen) atoms. The maximum Gasteiger partial charge on any atom is 0.0967 e. The third kappa shape index (κ3) is 4.93. The van der Waals surface area contributed by atoms with Crippen LogP contribution in [0.1, 0.15) is 34.2 Å². The first-order chi connectivity index (χ1) is 15.7. The van der Waals surface area contributed by atoms with Crippen LogP contribution < -0.4 is 4.90 Å². The Hall–Kier alpha value is -1.73. The van der Waals surface area contributed by atoms with Gasteiger partial charge in [0, 0.05) is 46.2 Å². The third-order valence-electron chi connectivity index (χ3n) is 6.60. The number of hydrogen-bond acceptors (Lipinski definition) is 5. The van der Waals surface area contributed by atoms with E-state index in [9.17, 15) is 0 Å². The van der Waals surface area contributed by atoms with E-state index in [1.54, 1.807) is 0 Å². The van der Waals surface area contributed by atoms with Crippen LogP contribution in [0, 0.1) is 6.92 Å². The van der Waals surface area contributed by atoms with Crippen LogP contribution in [0.25, 0.3) is 11.3 Å².